The van der Waals surface area contributed by atoms with E-state index in [1.807, 2.05) is 6.92 Å². The third kappa shape index (κ3) is 5.90. The Morgan fingerprint density at radius 2 is 1.53 bits per heavy atom. The molecule has 0 heterocycles. The van der Waals surface area contributed by atoms with Gasteiger partial charge >= 0.3 is 11.9 Å². The second-order valence-electron chi connectivity index (χ2n) is 4.25. The lowest BCUT2D eigenvalue weighted by Gasteiger charge is -2.20. The molecule has 0 saturated heterocycles. The third-order valence-electron chi connectivity index (χ3n) is 2.27. The van der Waals surface area contributed by atoms with E-state index in [0.29, 0.717) is 11.1 Å². The van der Waals surface area contributed by atoms with Crippen LogP contribution >= 0.6 is 0 Å². The van der Waals surface area contributed by atoms with E-state index in [2.05, 4.69) is 13.2 Å². The smallest absolute Gasteiger partial charge is 0.333 e. The van der Waals surface area contributed by atoms with Crippen LogP contribution in [0, 0.1) is 5.92 Å². The summed E-state index contributed by atoms with van der Waals surface area (Å²) in [6, 6.07) is 0. The largest absolute Gasteiger partial charge is 0.462 e. The molecule has 0 spiro atoms. The van der Waals surface area contributed by atoms with Gasteiger partial charge in [0.1, 0.15) is 6.10 Å². The van der Waals surface area contributed by atoms with Gasteiger partial charge in [-0.15, -0.1) is 0 Å². The molecule has 0 fully saturated rings. The van der Waals surface area contributed by atoms with E-state index >= 15 is 0 Å². The van der Waals surface area contributed by atoms with Gasteiger partial charge in [0.25, 0.3) is 0 Å². The van der Waals surface area contributed by atoms with Crippen molar-refractivity contribution in [2.24, 2.45) is 5.92 Å². The number of carbonyl (C=O) groups excluding carboxylic acids is 2. The van der Waals surface area contributed by atoms with Gasteiger partial charge in [-0.3, -0.25) is 0 Å². The van der Waals surface area contributed by atoms with Crippen molar-refractivity contribution in [3.63, 3.8) is 0 Å². The highest BCUT2D eigenvalue weighted by atomic mass is 16.6. The van der Waals surface area contributed by atoms with Gasteiger partial charge in [-0.05, 0) is 20.8 Å². The van der Waals surface area contributed by atoms with Crippen molar-refractivity contribution in [1.82, 2.24) is 0 Å². The van der Waals surface area contributed by atoms with Crippen molar-refractivity contribution in [3.8, 4) is 0 Å². The molecule has 0 saturated carbocycles. The van der Waals surface area contributed by atoms with Crippen molar-refractivity contribution in [2.75, 3.05) is 6.61 Å². The minimum Gasteiger partial charge on any atom is -0.462 e. The van der Waals surface area contributed by atoms with Crippen molar-refractivity contribution in [3.05, 3.63) is 24.3 Å². The van der Waals surface area contributed by atoms with Crippen LogP contribution in [0.15, 0.2) is 24.3 Å². The summed E-state index contributed by atoms with van der Waals surface area (Å²) in [7, 11) is 0. The van der Waals surface area contributed by atoms with E-state index in [4.69, 9.17) is 9.47 Å². The molecular formula is C13H20O4. The molecule has 0 aliphatic carbocycles. The van der Waals surface area contributed by atoms with Gasteiger partial charge in [-0.1, -0.05) is 20.1 Å². The number of esters is 2. The molecule has 2 atom stereocenters. The lowest BCUT2D eigenvalue weighted by molar-refractivity contribution is -0.149. The number of hydrogen-bond acceptors (Lipinski definition) is 4. The summed E-state index contributed by atoms with van der Waals surface area (Å²) < 4.78 is 10.1. The first-order valence-electron chi connectivity index (χ1n) is 5.44. The molecule has 4 nitrogen and oxygen atoms in total. The van der Waals surface area contributed by atoms with E-state index in [0.717, 1.165) is 0 Å². The standard InChI is InChI=1S/C13H20O4/c1-8(2)12(14)16-7-10(5)11(6)17-13(15)9(3)4/h10-11H,1,3,7H2,2,4-6H3. The zero-order chi connectivity index (χ0) is 13.6. The van der Waals surface area contributed by atoms with Crippen LogP contribution in [0.1, 0.15) is 27.7 Å². The fourth-order valence-corrected chi connectivity index (χ4v) is 0.851. The first-order valence-corrected chi connectivity index (χ1v) is 5.44. The molecule has 2 unspecified atom stereocenters. The van der Waals surface area contributed by atoms with E-state index in [1.165, 1.54) is 0 Å². The molecule has 0 bridgehead atoms. The van der Waals surface area contributed by atoms with Crippen LogP contribution in [0.5, 0.6) is 0 Å². The monoisotopic (exact) mass is 240 g/mol. The summed E-state index contributed by atoms with van der Waals surface area (Å²) in [5, 5.41) is 0. The molecular weight excluding hydrogens is 220 g/mol. The first kappa shape index (κ1) is 15.4. The van der Waals surface area contributed by atoms with E-state index in [1.54, 1.807) is 20.8 Å². The molecule has 0 aromatic carbocycles. The Morgan fingerprint density at radius 1 is 1.06 bits per heavy atom. The summed E-state index contributed by atoms with van der Waals surface area (Å²) in [5.74, 6) is -0.951. The minimum absolute atomic E-state index is 0.0819. The highest BCUT2D eigenvalue weighted by Gasteiger charge is 2.18. The molecule has 0 aliphatic heterocycles. The first-order chi connectivity index (χ1) is 7.75. The summed E-state index contributed by atoms with van der Waals surface area (Å²) >= 11 is 0. The van der Waals surface area contributed by atoms with E-state index < -0.39 is 11.9 Å². The maximum Gasteiger partial charge on any atom is 0.333 e. The predicted molar refractivity (Wildman–Crippen MR) is 65.3 cm³/mol. The van der Waals surface area contributed by atoms with Crippen molar-refractivity contribution < 1.29 is 19.1 Å². The number of carbonyl (C=O) groups is 2. The summed E-state index contributed by atoms with van der Waals surface area (Å²) in [4.78, 5) is 22.4. The molecule has 0 amide bonds. The maximum atomic E-state index is 11.3. The Balaban J connectivity index is 4.10. The van der Waals surface area contributed by atoms with Gasteiger partial charge in [0.15, 0.2) is 0 Å². The van der Waals surface area contributed by atoms with Crippen molar-refractivity contribution in [2.45, 2.75) is 33.8 Å². The average molecular weight is 240 g/mol. The number of ether oxygens (including phenoxy) is 2. The highest BCUT2D eigenvalue weighted by molar-refractivity contribution is 5.87. The molecule has 4 heteroatoms. The van der Waals surface area contributed by atoms with E-state index in [-0.39, 0.29) is 18.6 Å². The second kappa shape index (κ2) is 6.89. The van der Waals surface area contributed by atoms with Gasteiger partial charge in [0.2, 0.25) is 0 Å². The van der Waals surface area contributed by atoms with Gasteiger partial charge in [-0.2, -0.15) is 0 Å². The lowest BCUT2D eigenvalue weighted by atomic mass is 10.1. The third-order valence-corrected chi connectivity index (χ3v) is 2.27. The summed E-state index contributed by atoms with van der Waals surface area (Å²) in [5.41, 5.74) is 0.701. The summed E-state index contributed by atoms with van der Waals surface area (Å²) in [6.45, 7) is 13.9. The molecule has 0 N–H and O–H groups in total. The molecule has 0 aromatic rings. The van der Waals surface area contributed by atoms with Crippen molar-refractivity contribution in [1.29, 1.82) is 0 Å². The Labute approximate surface area is 102 Å². The van der Waals surface area contributed by atoms with Gasteiger partial charge in [0, 0.05) is 17.1 Å². The highest BCUT2D eigenvalue weighted by Crippen LogP contribution is 2.10. The molecule has 0 aliphatic rings. The Kier molecular flexibility index (Phi) is 6.25. The van der Waals surface area contributed by atoms with Crippen LogP contribution in [0.3, 0.4) is 0 Å². The number of hydrogen-bond donors (Lipinski definition) is 0. The molecule has 0 radical (unpaired) electrons. The van der Waals surface area contributed by atoms with Crippen LogP contribution in [0.2, 0.25) is 0 Å². The van der Waals surface area contributed by atoms with E-state index in [9.17, 15) is 9.59 Å². The fraction of sp³-hybridized carbons (Fsp3) is 0.538. The Hall–Kier alpha value is -1.58. The zero-order valence-corrected chi connectivity index (χ0v) is 10.9. The van der Waals surface area contributed by atoms with Crippen LogP contribution in [0.25, 0.3) is 0 Å². The van der Waals surface area contributed by atoms with Crippen LogP contribution < -0.4 is 0 Å². The molecule has 96 valence electrons. The van der Waals surface area contributed by atoms with Gasteiger partial charge < -0.3 is 9.47 Å². The summed E-state index contributed by atoms with van der Waals surface area (Å²) in [6.07, 6.45) is -0.336. The second-order valence-corrected chi connectivity index (χ2v) is 4.25. The molecule has 17 heavy (non-hydrogen) atoms. The average Bonchev–Trinajstić information content (AvgIpc) is 2.24. The van der Waals surface area contributed by atoms with Crippen LogP contribution in [0.4, 0.5) is 0 Å². The minimum atomic E-state index is -0.435. The number of rotatable bonds is 6. The Morgan fingerprint density at radius 3 is 1.94 bits per heavy atom. The zero-order valence-electron chi connectivity index (χ0n) is 10.9. The van der Waals surface area contributed by atoms with Gasteiger partial charge in [-0.25, -0.2) is 9.59 Å². The quantitative estimate of drug-likeness (QED) is 0.528. The Bertz CT molecular complexity index is 330. The fourth-order valence-electron chi connectivity index (χ4n) is 0.851. The van der Waals surface area contributed by atoms with Crippen LogP contribution in [-0.2, 0) is 19.1 Å². The van der Waals surface area contributed by atoms with Gasteiger partial charge in [0.05, 0.1) is 6.61 Å². The predicted octanol–water partition coefficient (Wildman–Crippen LogP) is 2.25. The normalized spacial score (nSPS) is 13.4. The maximum absolute atomic E-state index is 11.3. The molecule has 0 rings (SSSR count). The topological polar surface area (TPSA) is 52.6 Å². The molecule has 0 aromatic heterocycles. The van der Waals surface area contributed by atoms with Crippen LogP contribution in [-0.4, -0.2) is 24.6 Å². The van der Waals surface area contributed by atoms with Crippen molar-refractivity contribution >= 4 is 11.9 Å². The SMILES string of the molecule is C=C(C)C(=O)OCC(C)C(C)OC(=O)C(=C)C. The lowest BCUT2D eigenvalue weighted by Crippen LogP contribution is -2.26.